The quantitative estimate of drug-likeness (QED) is 0.866. The Bertz CT molecular complexity index is 433. The normalized spacial score (nSPS) is 10.5. The van der Waals surface area contributed by atoms with E-state index in [-0.39, 0.29) is 6.61 Å². The van der Waals surface area contributed by atoms with Gasteiger partial charge in [-0.3, -0.25) is 0 Å². The van der Waals surface area contributed by atoms with Gasteiger partial charge in [-0.2, -0.15) is 0 Å². The molecule has 0 radical (unpaired) electrons. The summed E-state index contributed by atoms with van der Waals surface area (Å²) in [5, 5.41) is 8.94. The van der Waals surface area contributed by atoms with Crippen molar-refractivity contribution >= 4 is 22.6 Å². The van der Waals surface area contributed by atoms with Gasteiger partial charge in [0.1, 0.15) is 0 Å². The lowest BCUT2D eigenvalue weighted by Crippen LogP contribution is -1.96. The molecule has 1 N–H and O–H groups in total. The summed E-state index contributed by atoms with van der Waals surface area (Å²) in [6.45, 7) is 0.969. The highest BCUT2D eigenvalue weighted by Crippen LogP contribution is 2.09. The molecule has 0 spiro atoms. The number of rotatable bonds is 3. The Kier molecular flexibility index (Phi) is 3.43. The molecule has 3 heteroatoms. The summed E-state index contributed by atoms with van der Waals surface area (Å²) in [5.74, 6) is 0. The molecular weight excluding hydrogens is 301 g/mol. The van der Waals surface area contributed by atoms with Crippen molar-refractivity contribution < 1.29 is 5.11 Å². The maximum absolute atomic E-state index is 8.94. The number of aliphatic hydroxyl groups is 1. The Balaban J connectivity index is 2.11. The van der Waals surface area contributed by atoms with Crippen LogP contribution >= 0.6 is 22.6 Å². The summed E-state index contributed by atoms with van der Waals surface area (Å²) >= 11 is 2.30. The monoisotopic (exact) mass is 313 g/mol. The van der Waals surface area contributed by atoms with Gasteiger partial charge in [0.2, 0.25) is 0 Å². The zero-order valence-electron chi connectivity index (χ0n) is 8.23. The first-order chi connectivity index (χ1) is 7.28. The van der Waals surface area contributed by atoms with E-state index < -0.39 is 0 Å². The van der Waals surface area contributed by atoms with E-state index in [0.717, 1.165) is 12.1 Å². The van der Waals surface area contributed by atoms with Gasteiger partial charge < -0.3 is 9.67 Å². The second-order valence-corrected chi connectivity index (χ2v) is 4.72. The molecular formula is C12H12INO. The third-order valence-electron chi connectivity index (χ3n) is 2.27. The lowest BCUT2D eigenvalue weighted by Gasteiger charge is -2.03. The van der Waals surface area contributed by atoms with Crippen LogP contribution in [-0.4, -0.2) is 9.67 Å². The van der Waals surface area contributed by atoms with Crippen LogP contribution in [0, 0.1) is 3.57 Å². The predicted octanol–water partition coefficient (Wildman–Crippen LogP) is 2.63. The molecule has 0 amide bonds. The minimum absolute atomic E-state index is 0.111. The Morgan fingerprint density at radius 1 is 1.07 bits per heavy atom. The maximum Gasteiger partial charge on any atom is 0.0696 e. The summed E-state index contributed by atoms with van der Waals surface area (Å²) in [6.07, 6.45) is 3.96. The van der Waals surface area contributed by atoms with Crippen LogP contribution < -0.4 is 0 Å². The number of aliphatic hydroxyl groups excluding tert-OH is 1. The van der Waals surface area contributed by atoms with Gasteiger partial charge in [0.05, 0.1) is 6.61 Å². The van der Waals surface area contributed by atoms with Gasteiger partial charge in [-0.1, -0.05) is 12.1 Å². The number of hydrogen-bond donors (Lipinski definition) is 1. The van der Waals surface area contributed by atoms with Crippen LogP contribution in [0.1, 0.15) is 11.1 Å². The first kappa shape index (κ1) is 10.7. The summed E-state index contributed by atoms with van der Waals surface area (Å²) in [4.78, 5) is 0. The van der Waals surface area contributed by atoms with Crippen LogP contribution in [0.3, 0.4) is 0 Å². The van der Waals surface area contributed by atoms with E-state index in [1.54, 1.807) is 0 Å². The van der Waals surface area contributed by atoms with Crippen LogP contribution in [-0.2, 0) is 13.2 Å². The molecule has 15 heavy (non-hydrogen) atoms. The van der Waals surface area contributed by atoms with Gasteiger partial charge in [0, 0.05) is 22.5 Å². The standard InChI is InChI=1S/C12H12INO/c13-12-3-1-10(2-4-12)7-14-6-5-11(8-14)9-15/h1-6,8,15H,7,9H2. The first-order valence-corrected chi connectivity index (χ1v) is 5.86. The molecule has 0 saturated carbocycles. The fraction of sp³-hybridized carbons (Fsp3) is 0.167. The highest BCUT2D eigenvalue weighted by atomic mass is 127. The van der Waals surface area contributed by atoms with Crippen molar-refractivity contribution in [3.05, 3.63) is 57.4 Å². The minimum Gasteiger partial charge on any atom is -0.392 e. The van der Waals surface area contributed by atoms with E-state index in [0.29, 0.717) is 0 Å². The van der Waals surface area contributed by atoms with Gasteiger partial charge in [0.15, 0.2) is 0 Å². The van der Waals surface area contributed by atoms with Crippen LogP contribution in [0.4, 0.5) is 0 Å². The number of benzene rings is 1. The highest BCUT2D eigenvalue weighted by Gasteiger charge is 1.97. The Morgan fingerprint density at radius 3 is 2.40 bits per heavy atom. The molecule has 0 aliphatic heterocycles. The molecule has 2 aromatic rings. The number of nitrogens with zero attached hydrogens (tertiary/aromatic N) is 1. The van der Waals surface area contributed by atoms with E-state index in [9.17, 15) is 0 Å². The molecule has 1 heterocycles. The van der Waals surface area contributed by atoms with Crippen LogP contribution in [0.2, 0.25) is 0 Å². The molecule has 0 unspecified atom stereocenters. The van der Waals surface area contributed by atoms with Crippen molar-refractivity contribution in [3.63, 3.8) is 0 Å². The summed E-state index contributed by atoms with van der Waals surface area (Å²) in [6, 6.07) is 10.4. The third-order valence-corrected chi connectivity index (χ3v) is 2.99. The van der Waals surface area contributed by atoms with Crippen molar-refractivity contribution in [2.75, 3.05) is 0 Å². The molecule has 0 atom stereocenters. The molecule has 2 rings (SSSR count). The van der Waals surface area contributed by atoms with Crippen LogP contribution in [0.15, 0.2) is 42.7 Å². The van der Waals surface area contributed by atoms with Crippen molar-refractivity contribution in [1.29, 1.82) is 0 Å². The Hall–Kier alpha value is -0.810. The van der Waals surface area contributed by atoms with Crippen molar-refractivity contribution in [2.24, 2.45) is 0 Å². The van der Waals surface area contributed by atoms with Gasteiger partial charge in [0.25, 0.3) is 0 Å². The van der Waals surface area contributed by atoms with Crippen molar-refractivity contribution in [2.45, 2.75) is 13.2 Å². The minimum atomic E-state index is 0.111. The second-order valence-electron chi connectivity index (χ2n) is 3.48. The average molecular weight is 313 g/mol. The Morgan fingerprint density at radius 2 is 1.80 bits per heavy atom. The fourth-order valence-corrected chi connectivity index (χ4v) is 1.84. The largest absolute Gasteiger partial charge is 0.392 e. The molecule has 2 nitrogen and oxygen atoms in total. The molecule has 0 fully saturated rings. The summed E-state index contributed by atoms with van der Waals surface area (Å²) in [5.41, 5.74) is 2.23. The fourth-order valence-electron chi connectivity index (χ4n) is 1.48. The summed E-state index contributed by atoms with van der Waals surface area (Å²) in [7, 11) is 0. The van der Waals surface area contributed by atoms with Gasteiger partial charge in [-0.25, -0.2) is 0 Å². The van der Waals surface area contributed by atoms with Crippen LogP contribution in [0.25, 0.3) is 0 Å². The van der Waals surface area contributed by atoms with Gasteiger partial charge in [-0.15, -0.1) is 0 Å². The predicted molar refractivity (Wildman–Crippen MR) is 68.6 cm³/mol. The van der Waals surface area contributed by atoms with Crippen LogP contribution in [0.5, 0.6) is 0 Å². The van der Waals surface area contributed by atoms with Crippen molar-refractivity contribution in [3.8, 4) is 0 Å². The number of aromatic nitrogens is 1. The SMILES string of the molecule is OCc1ccn(Cc2ccc(I)cc2)c1. The molecule has 0 aliphatic rings. The zero-order valence-corrected chi connectivity index (χ0v) is 10.4. The lowest BCUT2D eigenvalue weighted by molar-refractivity contribution is 0.282. The molecule has 78 valence electrons. The molecule has 0 saturated heterocycles. The van der Waals surface area contributed by atoms with E-state index >= 15 is 0 Å². The topological polar surface area (TPSA) is 25.2 Å². The second kappa shape index (κ2) is 4.81. The smallest absolute Gasteiger partial charge is 0.0696 e. The highest BCUT2D eigenvalue weighted by molar-refractivity contribution is 14.1. The molecule has 1 aromatic heterocycles. The molecule has 1 aromatic carbocycles. The van der Waals surface area contributed by atoms with Crippen molar-refractivity contribution in [1.82, 2.24) is 4.57 Å². The number of halogens is 1. The van der Waals surface area contributed by atoms with Gasteiger partial charge in [-0.05, 0) is 51.9 Å². The number of hydrogen-bond acceptors (Lipinski definition) is 1. The van der Waals surface area contributed by atoms with E-state index in [4.69, 9.17) is 5.11 Å². The van der Waals surface area contributed by atoms with E-state index in [1.807, 2.05) is 18.5 Å². The maximum atomic E-state index is 8.94. The van der Waals surface area contributed by atoms with E-state index in [2.05, 4.69) is 51.4 Å². The Labute approximate surface area is 103 Å². The average Bonchev–Trinajstić information content (AvgIpc) is 2.69. The third kappa shape index (κ3) is 2.82. The molecule has 0 bridgehead atoms. The van der Waals surface area contributed by atoms with Gasteiger partial charge >= 0.3 is 0 Å². The zero-order chi connectivity index (χ0) is 10.7. The van der Waals surface area contributed by atoms with E-state index in [1.165, 1.54) is 9.13 Å². The molecule has 0 aliphatic carbocycles. The summed E-state index contributed by atoms with van der Waals surface area (Å²) < 4.78 is 3.33. The first-order valence-electron chi connectivity index (χ1n) is 4.78. The lowest BCUT2D eigenvalue weighted by atomic mass is 10.2.